The van der Waals surface area contributed by atoms with Crippen molar-refractivity contribution in [3.05, 3.63) is 45.6 Å². The molecule has 2 aliphatic rings. The van der Waals surface area contributed by atoms with Crippen LogP contribution in [0.1, 0.15) is 23.3 Å². The Morgan fingerprint density at radius 3 is 2.10 bits per heavy atom. The van der Waals surface area contributed by atoms with E-state index in [0.717, 1.165) is 18.2 Å². The van der Waals surface area contributed by atoms with E-state index in [1.807, 2.05) is 0 Å². The molecular formula is C26H28O15. The van der Waals surface area contributed by atoms with Crippen LogP contribution in [0.4, 0.5) is 0 Å². The Morgan fingerprint density at radius 1 is 0.756 bits per heavy atom. The van der Waals surface area contributed by atoms with Crippen LogP contribution in [0.2, 0.25) is 0 Å². The molecule has 11 N–H and O–H groups in total. The molecule has 0 saturated carbocycles. The van der Waals surface area contributed by atoms with Crippen LogP contribution < -0.4 is 5.43 Å². The first-order chi connectivity index (χ1) is 19.4. The van der Waals surface area contributed by atoms with Gasteiger partial charge in [0.2, 0.25) is 0 Å². The Morgan fingerprint density at radius 2 is 1.44 bits per heavy atom. The van der Waals surface area contributed by atoms with Crippen molar-refractivity contribution in [1.29, 1.82) is 0 Å². The molecule has 1 aromatic heterocycles. The fraction of sp³-hybridized carbons (Fsp3) is 0.423. The monoisotopic (exact) mass is 580 g/mol. The molecule has 2 aliphatic heterocycles. The summed E-state index contributed by atoms with van der Waals surface area (Å²) in [5.41, 5.74) is -2.64. The van der Waals surface area contributed by atoms with Gasteiger partial charge in [0, 0.05) is 11.6 Å². The Kier molecular flexibility index (Phi) is 7.58. The lowest BCUT2D eigenvalue weighted by Crippen LogP contribution is -2.55. The third-order valence-electron chi connectivity index (χ3n) is 7.42. The van der Waals surface area contributed by atoms with Gasteiger partial charge in [-0.3, -0.25) is 4.79 Å². The highest BCUT2D eigenvalue weighted by Gasteiger charge is 2.48. The number of fused-ring (bicyclic) bond motifs is 1. The van der Waals surface area contributed by atoms with Crippen LogP contribution in [0.25, 0.3) is 22.3 Å². The standard InChI is InChI=1S/C26H28O15/c27-5-13-18(33)21(36)23(38)26(41-13)15-19(34)14-10(30)4-12(7-1-2-8(28)9(29)3-7)40-24(14)16(20(15)35)25-22(37)17(32)11(31)6-39-25/h1-4,11,13,17-18,21-23,25-29,31-38H,5-6H2/t11-,13?,17+,18+,21-,22?,23?,25+,26-/m0/s1. The highest BCUT2D eigenvalue weighted by atomic mass is 16.5. The van der Waals surface area contributed by atoms with Gasteiger partial charge >= 0.3 is 0 Å². The quantitative estimate of drug-likeness (QED) is 0.148. The van der Waals surface area contributed by atoms with E-state index in [4.69, 9.17) is 13.9 Å². The van der Waals surface area contributed by atoms with Gasteiger partial charge in [0.1, 0.15) is 77.6 Å². The lowest BCUT2D eigenvalue weighted by Gasteiger charge is -2.41. The fourth-order valence-electron chi connectivity index (χ4n) is 5.16. The molecule has 5 rings (SSSR count). The molecule has 15 nitrogen and oxygen atoms in total. The zero-order chi connectivity index (χ0) is 29.9. The third-order valence-corrected chi connectivity index (χ3v) is 7.42. The summed E-state index contributed by atoms with van der Waals surface area (Å²) in [6.07, 6.45) is -16.0. The summed E-state index contributed by atoms with van der Waals surface area (Å²) in [6.45, 7) is -1.39. The molecule has 15 heteroatoms. The second-order valence-electron chi connectivity index (χ2n) is 9.96. The fourth-order valence-corrected chi connectivity index (χ4v) is 5.16. The third kappa shape index (κ3) is 4.66. The van der Waals surface area contributed by atoms with Gasteiger partial charge in [-0.05, 0) is 18.2 Å². The molecule has 41 heavy (non-hydrogen) atoms. The van der Waals surface area contributed by atoms with Crippen molar-refractivity contribution in [2.75, 3.05) is 13.2 Å². The summed E-state index contributed by atoms with van der Waals surface area (Å²) in [6, 6.07) is 4.36. The number of hydrogen-bond donors (Lipinski definition) is 11. The summed E-state index contributed by atoms with van der Waals surface area (Å²) in [5.74, 6) is -3.21. The van der Waals surface area contributed by atoms with Gasteiger partial charge in [-0.15, -0.1) is 0 Å². The highest BCUT2D eigenvalue weighted by Crippen LogP contribution is 2.50. The number of phenolic OH excluding ortho intramolecular Hbond substituents is 4. The summed E-state index contributed by atoms with van der Waals surface area (Å²) in [4.78, 5) is 13.4. The molecule has 0 aliphatic carbocycles. The Bertz CT molecular complexity index is 1520. The van der Waals surface area contributed by atoms with Crippen LogP contribution >= 0.6 is 0 Å². The maximum Gasteiger partial charge on any atom is 0.197 e. The maximum atomic E-state index is 13.4. The van der Waals surface area contributed by atoms with Crippen LogP contribution in [-0.2, 0) is 9.47 Å². The molecule has 3 unspecified atom stereocenters. The Labute approximate surface area is 229 Å². The zero-order valence-electron chi connectivity index (χ0n) is 21.0. The number of benzene rings is 2. The molecule has 0 bridgehead atoms. The van der Waals surface area contributed by atoms with E-state index in [2.05, 4.69) is 0 Å². The van der Waals surface area contributed by atoms with Gasteiger partial charge in [-0.25, -0.2) is 0 Å². The van der Waals surface area contributed by atoms with Gasteiger partial charge < -0.3 is 70.1 Å². The first-order valence-electron chi connectivity index (χ1n) is 12.4. The predicted octanol–water partition coefficient (Wildman–Crippen LogP) is -2.05. The lowest BCUT2D eigenvalue weighted by molar-refractivity contribution is -0.232. The maximum absolute atomic E-state index is 13.4. The summed E-state index contributed by atoms with van der Waals surface area (Å²) >= 11 is 0. The van der Waals surface area contributed by atoms with E-state index in [-0.39, 0.29) is 11.3 Å². The lowest BCUT2D eigenvalue weighted by atomic mass is 9.85. The molecule has 2 aromatic carbocycles. The molecule has 9 atom stereocenters. The average Bonchev–Trinajstić information content (AvgIpc) is 2.93. The Balaban J connectivity index is 1.81. The van der Waals surface area contributed by atoms with E-state index >= 15 is 0 Å². The second-order valence-corrected chi connectivity index (χ2v) is 9.96. The molecular weight excluding hydrogens is 552 g/mol. The first kappa shape index (κ1) is 29.0. The molecule has 3 heterocycles. The minimum absolute atomic E-state index is 0.0720. The van der Waals surface area contributed by atoms with Crippen LogP contribution in [0.3, 0.4) is 0 Å². The number of aromatic hydroxyl groups is 4. The molecule has 0 radical (unpaired) electrons. The molecule has 3 aromatic rings. The van der Waals surface area contributed by atoms with Gasteiger partial charge in [0.05, 0.1) is 24.3 Å². The molecule has 2 fully saturated rings. The second kappa shape index (κ2) is 10.7. The summed E-state index contributed by atoms with van der Waals surface area (Å²) < 4.78 is 16.8. The van der Waals surface area contributed by atoms with Gasteiger partial charge in [0.25, 0.3) is 0 Å². The van der Waals surface area contributed by atoms with E-state index in [1.165, 1.54) is 6.07 Å². The number of ether oxygens (including phenoxy) is 2. The van der Waals surface area contributed by atoms with Crippen molar-refractivity contribution < 1.29 is 70.1 Å². The summed E-state index contributed by atoms with van der Waals surface area (Å²) in [7, 11) is 0. The molecule has 0 spiro atoms. The SMILES string of the molecule is O=c1cc(-c2ccc(O)c(O)c2)oc2c([C@H]3OC[C@H](O)[C@@H](O)C3O)c(O)c([C@@H]3OC(CO)[C@@H](O)[C@H](O)C3O)c(O)c12. The average molecular weight is 580 g/mol. The largest absolute Gasteiger partial charge is 0.507 e. The van der Waals surface area contributed by atoms with Crippen LogP contribution in [0.15, 0.2) is 33.5 Å². The van der Waals surface area contributed by atoms with Crippen molar-refractivity contribution in [3.63, 3.8) is 0 Å². The Hall–Kier alpha value is -3.51. The topological polar surface area (TPSA) is 271 Å². The van der Waals surface area contributed by atoms with Gasteiger partial charge in [0.15, 0.2) is 22.5 Å². The highest BCUT2D eigenvalue weighted by molar-refractivity contribution is 5.92. The van der Waals surface area contributed by atoms with Gasteiger partial charge in [-0.1, -0.05) is 0 Å². The molecule has 2 saturated heterocycles. The minimum Gasteiger partial charge on any atom is -0.507 e. The van der Waals surface area contributed by atoms with Crippen molar-refractivity contribution >= 4 is 11.0 Å². The number of rotatable bonds is 4. The first-order valence-corrected chi connectivity index (χ1v) is 12.4. The summed E-state index contributed by atoms with van der Waals surface area (Å²) in [5, 5.41) is 113. The molecule has 222 valence electrons. The van der Waals surface area contributed by atoms with E-state index < -0.39 is 119 Å². The molecule has 0 amide bonds. The normalized spacial score (nSPS) is 32.3. The van der Waals surface area contributed by atoms with Gasteiger partial charge in [-0.2, -0.15) is 0 Å². The number of phenols is 4. The van der Waals surface area contributed by atoms with Crippen molar-refractivity contribution in [2.45, 2.75) is 54.9 Å². The van der Waals surface area contributed by atoms with Crippen LogP contribution in [-0.4, -0.2) is 112 Å². The number of aliphatic hydroxyl groups excluding tert-OH is 7. The smallest absolute Gasteiger partial charge is 0.197 e. The van der Waals surface area contributed by atoms with Crippen molar-refractivity contribution in [3.8, 4) is 34.3 Å². The van der Waals surface area contributed by atoms with E-state index in [9.17, 15) is 61.0 Å². The van der Waals surface area contributed by atoms with E-state index in [1.54, 1.807) is 0 Å². The van der Waals surface area contributed by atoms with Crippen LogP contribution in [0.5, 0.6) is 23.0 Å². The minimum atomic E-state index is -2.01. The zero-order valence-corrected chi connectivity index (χ0v) is 21.0. The number of aliphatic hydroxyl groups is 7. The van der Waals surface area contributed by atoms with Crippen molar-refractivity contribution in [2.24, 2.45) is 0 Å². The predicted molar refractivity (Wildman–Crippen MR) is 134 cm³/mol. The van der Waals surface area contributed by atoms with Crippen molar-refractivity contribution in [1.82, 2.24) is 0 Å². The van der Waals surface area contributed by atoms with Crippen LogP contribution in [0, 0.1) is 0 Å². The van der Waals surface area contributed by atoms with E-state index in [0.29, 0.717) is 0 Å². The number of hydrogen-bond acceptors (Lipinski definition) is 15.